The summed E-state index contributed by atoms with van der Waals surface area (Å²) >= 11 is 0. The Morgan fingerprint density at radius 3 is 2.88 bits per heavy atom. The average molecular weight is 350 g/mol. The molecule has 0 saturated carbocycles. The number of aromatic nitrogens is 2. The molecule has 0 bridgehead atoms. The minimum Gasteiger partial charge on any atom is -0.420 e. The van der Waals surface area contributed by atoms with Gasteiger partial charge in [0.15, 0.2) is 0 Å². The van der Waals surface area contributed by atoms with Crippen molar-refractivity contribution in [3.63, 3.8) is 0 Å². The quantitative estimate of drug-likeness (QED) is 0.689. The Hall–Kier alpha value is -3.80. The molecule has 0 aliphatic carbocycles. The third kappa shape index (κ3) is 1.70. The number of H-pyrrole nitrogens is 1. The standard InChI is InChI=1S/C17H14N6O3/c1-8-13-15(22-21-8)26-14(20)10(6-18)17(13)9-4-2-3-5-11(9)23(16(17)25)7-12(19)24/h2-5H,7,20H2,1H3,(H2,19,24)(H,21,22). The van der Waals surface area contributed by atoms with E-state index in [9.17, 15) is 14.9 Å². The van der Waals surface area contributed by atoms with Gasteiger partial charge in [-0.2, -0.15) is 5.26 Å². The van der Waals surface area contributed by atoms with Crippen LogP contribution in [0.1, 0.15) is 16.8 Å². The van der Waals surface area contributed by atoms with E-state index in [0.29, 0.717) is 22.5 Å². The molecule has 1 aromatic carbocycles. The number of rotatable bonds is 2. The van der Waals surface area contributed by atoms with Crippen LogP contribution in [0.2, 0.25) is 0 Å². The number of carbonyl (C=O) groups is 2. The number of amides is 2. The molecule has 2 amide bonds. The number of nitrogens with two attached hydrogens (primary N) is 2. The minimum absolute atomic E-state index is 0.0427. The van der Waals surface area contributed by atoms with Crippen LogP contribution in [0.5, 0.6) is 5.88 Å². The van der Waals surface area contributed by atoms with Crippen molar-refractivity contribution in [3.05, 3.63) is 52.5 Å². The summed E-state index contributed by atoms with van der Waals surface area (Å²) in [5.74, 6) is -1.23. The van der Waals surface area contributed by atoms with Gasteiger partial charge in [0.2, 0.25) is 23.6 Å². The Morgan fingerprint density at radius 1 is 1.46 bits per heavy atom. The number of nitriles is 1. The lowest BCUT2D eigenvalue weighted by molar-refractivity contribution is -0.123. The summed E-state index contributed by atoms with van der Waals surface area (Å²) in [7, 11) is 0. The molecule has 9 heteroatoms. The number of para-hydroxylation sites is 1. The first-order valence-electron chi connectivity index (χ1n) is 7.76. The second kappa shape index (κ2) is 5.10. The van der Waals surface area contributed by atoms with Gasteiger partial charge in [-0.15, -0.1) is 5.10 Å². The molecule has 1 atom stereocenters. The molecule has 0 fully saturated rings. The highest BCUT2D eigenvalue weighted by molar-refractivity contribution is 6.16. The van der Waals surface area contributed by atoms with Gasteiger partial charge in [-0.05, 0) is 13.0 Å². The maximum atomic E-state index is 13.6. The highest BCUT2D eigenvalue weighted by Crippen LogP contribution is 2.55. The van der Waals surface area contributed by atoms with E-state index in [4.69, 9.17) is 16.2 Å². The number of carbonyl (C=O) groups excluding carboxylic acids is 2. The van der Waals surface area contributed by atoms with Gasteiger partial charge in [0.1, 0.15) is 23.6 Å². The zero-order valence-corrected chi connectivity index (χ0v) is 13.7. The molecule has 2 aromatic rings. The molecule has 5 N–H and O–H groups in total. The van der Waals surface area contributed by atoms with Gasteiger partial charge >= 0.3 is 0 Å². The monoisotopic (exact) mass is 350 g/mol. The molecule has 130 valence electrons. The van der Waals surface area contributed by atoms with Crippen LogP contribution in [-0.2, 0) is 15.0 Å². The van der Waals surface area contributed by atoms with Gasteiger partial charge in [0.05, 0.1) is 5.56 Å². The van der Waals surface area contributed by atoms with E-state index >= 15 is 0 Å². The molecule has 2 aliphatic heterocycles. The fourth-order valence-corrected chi connectivity index (χ4v) is 3.78. The van der Waals surface area contributed by atoms with Crippen LogP contribution in [0.3, 0.4) is 0 Å². The van der Waals surface area contributed by atoms with Crippen molar-refractivity contribution in [2.24, 2.45) is 11.5 Å². The van der Waals surface area contributed by atoms with Crippen LogP contribution in [0, 0.1) is 18.3 Å². The Labute approximate surface area is 147 Å². The van der Waals surface area contributed by atoms with Crippen LogP contribution < -0.4 is 21.1 Å². The lowest BCUT2D eigenvalue weighted by Gasteiger charge is -2.32. The lowest BCUT2D eigenvalue weighted by Crippen LogP contribution is -2.47. The molecule has 1 unspecified atom stereocenters. The average Bonchev–Trinajstić information content (AvgIpc) is 3.08. The molecular formula is C17H14N6O3. The summed E-state index contributed by atoms with van der Waals surface area (Å²) in [6.07, 6.45) is 0. The van der Waals surface area contributed by atoms with E-state index in [1.165, 1.54) is 4.90 Å². The topological polar surface area (TPSA) is 151 Å². The maximum Gasteiger partial charge on any atom is 0.248 e. The highest BCUT2D eigenvalue weighted by Gasteiger charge is 2.60. The molecule has 2 aliphatic rings. The number of anilines is 1. The summed E-state index contributed by atoms with van der Waals surface area (Å²) < 4.78 is 5.45. The summed E-state index contributed by atoms with van der Waals surface area (Å²) in [6.45, 7) is 1.41. The molecule has 1 spiro atoms. The van der Waals surface area contributed by atoms with Crippen LogP contribution in [-0.4, -0.2) is 28.6 Å². The molecule has 9 nitrogen and oxygen atoms in total. The number of ether oxygens (including phenoxy) is 1. The molecular weight excluding hydrogens is 336 g/mol. The third-order valence-corrected chi connectivity index (χ3v) is 4.71. The number of benzene rings is 1. The summed E-state index contributed by atoms with van der Waals surface area (Å²) in [6, 6.07) is 8.92. The van der Waals surface area contributed by atoms with Crippen molar-refractivity contribution in [3.8, 4) is 11.9 Å². The van der Waals surface area contributed by atoms with E-state index in [1.54, 1.807) is 31.2 Å². The fourth-order valence-electron chi connectivity index (χ4n) is 3.78. The second-order valence-electron chi connectivity index (χ2n) is 6.11. The van der Waals surface area contributed by atoms with E-state index in [2.05, 4.69) is 10.2 Å². The van der Waals surface area contributed by atoms with Crippen LogP contribution in [0.4, 0.5) is 5.69 Å². The molecule has 3 heterocycles. The first-order valence-corrected chi connectivity index (χ1v) is 7.76. The van der Waals surface area contributed by atoms with Gasteiger partial charge in [0, 0.05) is 16.9 Å². The predicted molar refractivity (Wildman–Crippen MR) is 89.5 cm³/mol. The van der Waals surface area contributed by atoms with Crippen molar-refractivity contribution in [1.82, 2.24) is 10.2 Å². The largest absolute Gasteiger partial charge is 0.420 e. The minimum atomic E-state index is -1.53. The number of nitrogens with one attached hydrogen (secondary N) is 1. The Kier molecular flexibility index (Phi) is 3.08. The first kappa shape index (κ1) is 15.7. The van der Waals surface area contributed by atoms with Gasteiger partial charge < -0.3 is 21.1 Å². The van der Waals surface area contributed by atoms with E-state index in [-0.39, 0.29) is 23.9 Å². The Morgan fingerprint density at radius 2 is 2.19 bits per heavy atom. The predicted octanol–water partition coefficient (Wildman–Crippen LogP) is -0.0776. The Balaban J connectivity index is 2.12. The van der Waals surface area contributed by atoms with Gasteiger partial charge in [0.25, 0.3) is 0 Å². The van der Waals surface area contributed by atoms with Gasteiger partial charge in [-0.3, -0.25) is 14.7 Å². The first-order chi connectivity index (χ1) is 12.4. The van der Waals surface area contributed by atoms with Crippen molar-refractivity contribution < 1.29 is 14.3 Å². The molecule has 0 saturated heterocycles. The number of primary amides is 1. The van der Waals surface area contributed by atoms with Crippen molar-refractivity contribution >= 4 is 17.5 Å². The molecule has 1 aromatic heterocycles. The molecule has 26 heavy (non-hydrogen) atoms. The number of aromatic amines is 1. The van der Waals surface area contributed by atoms with E-state index in [1.807, 2.05) is 6.07 Å². The lowest BCUT2D eigenvalue weighted by atomic mass is 9.69. The number of fused-ring (bicyclic) bond motifs is 4. The highest BCUT2D eigenvalue weighted by atomic mass is 16.5. The zero-order chi connectivity index (χ0) is 18.6. The van der Waals surface area contributed by atoms with Crippen LogP contribution >= 0.6 is 0 Å². The van der Waals surface area contributed by atoms with Crippen molar-refractivity contribution in [2.75, 3.05) is 11.4 Å². The molecule has 4 rings (SSSR count). The molecule has 0 radical (unpaired) electrons. The van der Waals surface area contributed by atoms with Crippen LogP contribution in [0.15, 0.2) is 35.7 Å². The maximum absolute atomic E-state index is 13.6. The van der Waals surface area contributed by atoms with E-state index in [0.717, 1.165) is 0 Å². The SMILES string of the molecule is Cc1[nH]nc2c1C1(C(=O)N(CC(N)=O)c3ccccc31)C(C#N)=C(N)O2. The number of hydrogen-bond donors (Lipinski definition) is 3. The third-order valence-electron chi connectivity index (χ3n) is 4.71. The summed E-state index contributed by atoms with van der Waals surface area (Å²) in [5, 5.41) is 16.6. The Bertz CT molecular complexity index is 1050. The number of nitrogens with zero attached hydrogens (tertiary/aromatic N) is 3. The summed E-state index contributed by atoms with van der Waals surface area (Å²) in [4.78, 5) is 26.4. The number of hydrogen-bond acceptors (Lipinski definition) is 6. The van der Waals surface area contributed by atoms with Gasteiger partial charge in [-0.25, -0.2) is 0 Å². The van der Waals surface area contributed by atoms with Crippen LogP contribution in [0.25, 0.3) is 0 Å². The van der Waals surface area contributed by atoms with Gasteiger partial charge in [-0.1, -0.05) is 18.2 Å². The van der Waals surface area contributed by atoms with Crippen molar-refractivity contribution in [2.45, 2.75) is 12.3 Å². The number of aryl methyl sites for hydroxylation is 1. The zero-order valence-electron chi connectivity index (χ0n) is 13.7. The fraction of sp³-hybridized carbons (Fsp3) is 0.176. The second-order valence-corrected chi connectivity index (χ2v) is 6.11. The van der Waals surface area contributed by atoms with Crippen molar-refractivity contribution in [1.29, 1.82) is 5.26 Å². The normalized spacial score (nSPS) is 20.6. The van der Waals surface area contributed by atoms with E-state index < -0.39 is 17.2 Å². The summed E-state index contributed by atoms with van der Waals surface area (Å²) in [5.41, 5.74) is 11.7. The smallest absolute Gasteiger partial charge is 0.248 e.